The lowest BCUT2D eigenvalue weighted by atomic mass is 10.1. The van der Waals surface area contributed by atoms with E-state index in [2.05, 4.69) is 4.98 Å². The first-order chi connectivity index (χ1) is 11.7. The summed E-state index contributed by atoms with van der Waals surface area (Å²) in [6, 6.07) is 14.4. The van der Waals surface area contributed by atoms with Gasteiger partial charge in [-0.1, -0.05) is 30.3 Å². The van der Waals surface area contributed by atoms with Crippen molar-refractivity contribution in [3.8, 4) is 0 Å². The summed E-state index contributed by atoms with van der Waals surface area (Å²) in [5.74, 6) is -0.546. The summed E-state index contributed by atoms with van der Waals surface area (Å²) in [6.07, 6.45) is 1.77. The van der Waals surface area contributed by atoms with Crippen LogP contribution in [0.5, 0.6) is 0 Å². The second kappa shape index (κ2) is 5.62. The quantitative estimate of drug-likeness (QED) is 0.751. The summed E-state index contributed by atoms with van der Waals surface area (Å²) in [5.41, 5.74) is 2.64. The van der Waals surface area contributed by atoms with Gasteiger partial charge in [0.15, 0.2) is 0 Å². The molecule has 0 unspecified atom stereocenters. The molecule has 1 aliphatic heterocycles. The van der Waals surface area contributed by atoms with Crippen molar-refractivity contribution in [1.29, 1.82) is 0 Å². The van der Waals surface area contributed by atoms with E-state index in [1.54, 1.807) is 19.4 Å². The van der Waals surface area contributed by atoms with Crippen molar-refractivity contribution in [2.45, 2.75) is 6.04 Å². The highest BCUT2D eigenvalue weighted by Gasteiger charge is 2.41. The van der Waals surface area contributed by atoms with Gasteiger partial charge < -0.3 is 9.72 Å². The van der Waals surface area contributed by atoms with Gasteiger partial charge >= 0.3 is 0 Å². The van der Waals surface area contributed by atoms with Crippen LogP contribution in [0.3, 0.4) is 0 Å². The largest absolute Gasteiger partial charge is 0.382 e. The average Bonchev–Trinajstić information content (AvgIpc) is 3.17. The van der Waals surface area contributed by atoms with E-state index in [1.807, 2.05) is 42.5 Å². The normalized spacial score (nSPS) is 15.1. The van der Waals surface area contributed by atoms with Crippen LogP contribution in [0, 0.1) is 0 Å². The summed E-state index contributed by atoms with van der Waals surface area (Å²) < 4.78 is 5.29. The molecule has 2 amide bonds. The molecule has 0 bridgehead atoms. The highest BCUT2D eigenvalue weighted by molar-refractivity contribution is 6.26. The molecule has 1 atom stereocenters. The van der Waals surface area contributed by atoms with Crippen molar-refractivity contribution >= 4 is 22.7 Å². The maximum Gasteiger partial charge on any atom is 0.262 e. The summed E-state index contributed by atoms with van der Waals surface area (Å²) in [4.78, 5) is 30.3. The monoisotopic (exact) mass is 320 g/mol. The lowest BCUT2D eigenvalue weighted by molar-refractivity contribution is 0.0470. The smallest absolute Gasteiger partial charge is 0.262 e. The molecule has 1 aliphatic rings. The standard InChI is InChI=1S/C19H16N2O3/c1-24-11-16(12-5-3-2-4-6-12)21-18(22)14-7-8-15-13(9-10-20-15)17(14)19(21)23/h2-10,16,20H,11H2,1H3/t16-/m0/s1. The molecule has 1 aromatic heterocycles. The van der Waals surface area contributed by atoms with Gasteiger partial charge in [0, 0.05) is 24.2 Å². The Labute approximate surface area is 138 Å². The molecular formula is C19H16N2O3. The molecule has 0 saturated heterocycles. The Morgan fingerprint density at radius 2 is 1.83 bits per heavy atom. The number of carbonyl (C=O) groups is 2. The van der Waals surface area contributed by atoms with Crippen LogP contribution in [0.4, 0.5) is 0 Å². The third kappa shape index (κ3) is 2.06. The fourth-order valence-electron chi connectivity index (χ4n) is 3.32. The van der Waals surface area contributed by atoms with Crippen LogP contribution in [0.15, 0.2) is 54.7 Å². The SMILES string of the molecule is COC[C@@H](c1ccccc1)N1C(=O)c2ccc3[nH]ccc3c2C1=O. The minimum absolute atomic E-state index is 0.256. The van der Waals surface area contributed by atoms with E-state index in [-0.39, 0.29) is 18.4 Å². The van der Waals surface area contributed by atoms with Crippen LogP contribution in [-0.4, -0.2) is 35.4 Å². The topological polar surface area (TPSA) is 62.4 Å². The van der Waals surface area contributed by atoms with Crippen LogP contribution in [-0.2, 0) is 4.74 Å². The first kappa shape index (κ1) is 14.7. The molecule has 0 spiro atoms. The molecule has 4 rings (SSSR count). The van der Waals surface area contributed by atoms with E-state index in [4.69, 9.17) is 4.74 Å². The number of carbonyl (C=O) groups excluding carboxylic acids is 2. The molecular weight excluding hydrogens is 304 g/mol. The number of nitrogens with zero attached hydrogens (tertiary/aromatic N) is 1. The van der Waals surface area contributed by atoms with Gasteiger partial charge in [0.1, 0.15) is 0 Å². The summed E-state index contributed by atoms with van der Waals surface area (Å²) >= 11 is 0. The zero-order valence-corrected chi connectivity index (χ0v) is 13.2. The van der Waals surface area contributed by atoms with Crippen LogP contribution >= 0.6 is 0 Å². The second-order valence-electron chi connectivity index (χ2n) is 5.79. The highest BCUT2D eigenvalue weighted by atomic mass is 16.5. The molecule has 5 heteroatoms. The van der Waals surface area contributed by atoms with Crippen molar-refractivity contribution in [2.75, 3.05) is 13.7 Å². The van der Waals surface area contributed by atoms with E-state index in [9.17, 15) is 9.59 Å². The Morgan fingerprint density at radius 1 is 1.04 bits per heavy atom. The van der Waals surface area contributed by atoms with Crippen LogP contribution in [0.25, 0.3) is 10.9 Å². The summed E-state index contributed by atoms with van der Waals surface area (Å²) in [7, 11) is 1.57. The van der Waals surface area contributed by atoms with Crippen molar-refractivity contribution < 1.29 is 14.3 Å². The first-order valence-electron chi connectivity index (χ1n) is 7.74. The van der Waals surface area contributed by atoms with Crippen molar-refractivity contribution in [3.05, 3.63) is 71.4 Å². The number of fused-ring (bicyclic) bond motifs is 3. The second-order valence-corrected chi connectivity index (χ2v) is 5.79. The Bertz CT molecular complexity index is 930. The van der Waals surface area contributed by atoms with Gasteiger partial charge in [0.25, 0.3) is 11.8 Å². The Kier molecular flexibility index (Phi) is 3.43. The van der Waals surface area contributed by atoms with E-state index in [1.165, 1.54) is 4.90 Å². The lowest BCUT2D eigenvalue weighted by Crippen LogP contribution is -2.36. The maximum atomic E-state index is 13.0. The number of hydrogen-bond donors (Lipinski definition) is 1. The number of aromatic amines is 1. The molecule has 2 aromatic carbocycles. The Hall–Kier alpha value is -2.92. The molecule has 3 aromatic rings. The molecule has 1 N–H and O–H groups in total. The summed E-state index contributed by atoms with van der Waals surface area (Å²) in [6.45, 7) is 0.256. The summed E-state index contributed by atoms with van der Waals surface area (Å²) in [5, 5.41) is 0.776. The molecule has 24 heavy (non-hydrogen) atoms. The number of ether oxygens (including phenoxy) is 1. The van der Waals surface area contributed by atoms with Gasteiger partial charge in [0.05, 0.1) is 23.8 Å². The lowest BCUT2D eigenvalue weighted by Gasteiger charge is -2.26. The third-order valence-corrected chi connectivity index (χ3v) is 4.44. The van der Waals surface area contributed by atoms with E-state index >= 15 is 0 Å². The molecule has 2 heterocycles. The zero-order chi connectivity index (χ0) is 16.7. The Morgan fingerprint density at radius 3 is 2.58 bits per heavy atom. The van der Waals surface area contributed by atoms with Crippen molar-refractivity contribution in [2.24, 2.45) is 0 Å². The molecule has 0 fully saturated rings. The van der Waals surface area contributed by atoms with Crippen LogP contribution in [0.1, 0.15) is 32.3 Å². The average molecular weight is 320 g/mol. The molecule has 0 aliphatic carbocycles. The fraction of sp³-hybridized carbons (Fsp3) is 0.158. The molecule has 120 valence electrons. The molecule has 0 saturated carbocycles. The van der Waals surface area contributed by atoms with Crippen molar-refractivity contribution in [1.82, 2.24) is 9.88 Å². The van der Waals surface area contributed by atoms with E-state index < -0.39 is 6.04 Å². The van der Waals surface area contributed by atoms with Gasteiger partial charge in [-0.3, -0.25) is 14.5 Å². The first-order valence-corrected chi connectivity index (χ1v) is 7.74. The number of imide groups is 1. The van der Waals surface area contributed by atoms with Gasteiger partial charge in [-0.2, -0.15) is 0 Å². The van der Waals surface area contributed by atoms with E-state index in [0.717, 1.165) is 16.5 Å². The van der Waals surface area contributed by atoms with Gasteiger partial charge in [-0.25, -0.2) is 0 Å². The number of amides is 2. The zero-order valence-electron chi connectivity index (χ0n) is 13.2. The number of rotatable bonds is 4. The minimum atomic E-state index is -0.447. The highest BCUT2D eigenvalue weighted by Crippen LogP contribution is 2.35. The van der Waals surface area contributed by atoms with E-state index in [0.29, 0.717) is 11.1 Å². The molecule has 5 nitrogen and oxygen atoms in total. The number of nitrogens with one attached hydrogen (secondary N) is 1. The fourth-order valence-corrected chi connectivity index (χ4v) is 3.32. The molecule has 0 radical (unpaired) electrons. The Balaban J connectivity index is 1.84. The number of aromatic nitrogens is 1. The van der Waals surface area contributed by atoms with Crippen LogP contribution < -0.4 is 0 Å². The predicted molar refractivity (Wildman–Crippen MR) is 89.9 cm³/mol. The van der Waals surface area contributed by atoms with Crippen molar-refractivity contribution in [3.63, 3.8) is 0 Å². The third-order valence-electron chi connectivity index (χ3n) is 4.44. The van der Waals surface area contributed by atoms with Gasteiger partial charge in [-0.05, 0) is 23.8 Å². The predicted octanol–water partition coefficient (Wildman–Crippen LogP) is 3.15. The minimum Gasteiger partial charge on any atom is -0.382 e. The number of methoxy groups -OCH3 is 1. The van der Waals surface area contributed by atoms with Crippen LogP contribution in [0.2, 0.25) is 0 Å². The number of H-pyrrole nitrogens is 1. The maximum absolute atomic E-state index is 13.0. The number of hydrogen-bond acceptors (Lipinski definition) is 3. The van der Waals surface area contributed by atoms with Gasteiger partial charge in [0.2, 0.25) is 0 Å². The van der Waals surface area contributed by atoms with Gasteiger partial charge in [-0.15, -0.1) is 0 Å². The number of benzene rings is 2.